The first kappa shape index (κ1) is 12.5. The second-order valence-electron chi connectivity index (χ2n) is 4.98. The fraction of sp³-hybridized carbons (Fsp3) is 0. The van der Waals surface area contributed by atoms with Crippen molar-refractivity contribution in [2.45, 2.75) is 0 Å². The minimum atomic E-state index is 0.220. The number of hydrogen-bond acceptors (Lipinski definition) is 4. The van der Waals surface area contributed by atoms with Crippen molar-refractivity contribution in [3.05, 3.63) is 61.1 Å². The molecule has 0 aliphatic heterocycles. The molecule has 0 saturated heterocycles. The molecule has 0 amide bonds. The maximum absolute atomic E-state index is 9.70. The maximum atomic E-state index is 9.70. The normalized spacial score (nSPS) is 10.9. The lowest BCUT2D eigenvalue weighted by Gasteiger charge is -2.09. The molecule has 0 unspecified atom stereocenters. The number of nitrogens with zero attached hydrogens (tertiary/aromatic N) is 3. The lowest BCUT2D eigenvalue weighted by atomic mass is 10.00. The van der Waals surface area contributed by atoms with Crippen LogP contribution in [0.2, 0.25) is 0 Å². The van der Waals surface area contributed by atoms with Crippen LogP contribution in [0, 0.1) is 0 Å². The van der Waals surface area contributed by atoms with Crippen LogP contribution in [0.15, 0.2) is 61.1 Å². The SMILES string of the molecule is Oc1cccc(-c2ncccc2-c2cnc3[nH]ncc3c2)c1. The monoisotopic (exact) mass is 288 g/mol. The standard InChI is InChI=1S/C17H12N4O/c22-14-4-1-3-11(8-14)16-15(5-2-6-18-16)12-7-13-10-20-21-17(13)19-9-12/h1-10,22H,(H,19,20,21). The number of rotatable bonds is 2. The molecule has 0 fully saturated rings. The van der Waals surface area contributed by atoms with Crippen molar-refractivity contribution in [3.63, 3.8) is 0 Å². The van der Waals surface area contributed by atoms with Gasteiger partial charge in [-0.3, -0.25) is 10.1 Å². The number of phenolic OH excluding ortho intramolecular Hbond substituents is 1. The second-order valence-corrected chi connectivity index (χ2v) is 4.98. The Kier molecular flexibility index (Phi) is 2.83. The van der Waals surface area contributed by atoms with Crippen LogP contribution in [-0.4, -0.2) is 25.3 Å². The molecule has 5 heteroatoms. The van der Waals surface area contributed by atoms with Crippen molar-refractivity contribution < 1.29 is 5.11 Å². The molecule has 3 heterocycles. The molecular formula is C17H12N4O. The highest BCUT2D eigenvalue weighted by atomic mass is 16.3. The van der Waals surface area contributed by atoms with Crippen LogP contribution in [0.25, 0.3) is 33.4 Å². The molecule has 1 aromatic carbocycles. The molecule has 4 rings (SSSR count). The van der Waals surface area contributed by atoms with Crippen molar-refractivity contribution in [2.75, 3.05) is 0 Å². The average molecular weight is 288 g/mol. The Labute approximate surface area is 126 Å². The lowest BCUT2D eigenvalue weighted by Crippen LogP contribution is -1.89. The van der Waals surface area contributed by atoms with E-state index in [1.165, 1.54) is 0 Å². The Morgan fingerprint density at radius 1 is 0.909 bits per heavy atom. The summed E-state index contributed by atoms with van der Waals surface area (Å²) in [5.41, 5.74) is 4.35. The number of aromatic hydroxyl groups is 1. The number of H-pyrrole nitrogens is 1. The highest BCUT2D eigenvalue weighted by molar-refractivity contribution is 5.86. The van der Waals surface area contributed by atoms with Crippen molar-refractivity contribution in [2.24, 2.45) is 0 Å². The van der Waals surface area contributed by atoms with E-state index in [2.05, 4.69) is 20.2 Å². The van der Waals surface area contributed by atoms with Gasteiger partial charge in [-0.25, -0.2) is 4.98 Å². The van der Waals surface area contributed by atoms with Crippen LogP contribution in [0.1, 0.15) is 0 Å². The molecular weight excluding hydrogens is 276 g/mol. The van der Waals surface area contributed by atoms with Crippen molar-refractivity contribution in [3.8, 4) is 28.1 Å². The Bertz CT molecular complexity index is 961. The Balaban J connectivity index is 1.92. The van der Waals surface area contributed by atoms with Gasteiger partial charge in [-0.05, 0) is 24.3 Å². The van der Waals surface area contributed by atoms with Gasteiger partial charge < -0.3 is 5.11 Å². The number of nitrogens with one attached hydrogen (secondary N) is 1. The molecule has 0 saturated carbocycles. The van der Waals surface area contributed by atoms with Gasteiger partial charge in [0.1, 0.15) is 5.75 Å². The third-order valence-electron chi connectivity index (χ3n) is 3.53. The molecule has 106 valence electrons. The zero-order chi connectivity index (χ0) is 14.9. The van der Waals surface area contributed by atoms with Gasteiger partial charge in [0.15, 0.2) is 5.65 Å². The molecule has 2 N–H and O–H groups in total. The lowest BCUT2D eigenvalue weighted by molar-refractivity contribution is 0.475. The van der Waals surface area contributed by atoms with E-state index in [0.717, 1.165) is 33.4 Å². The van der Waals surface area contributed by atoms with E-state index < -0.39 is 0 Å². The third-order valence-corrected chi connectivity index (χ3v) is 3.53. The van der Waals surface area contributed by atoms with Crippen LogP contribution in [0.3, 0.4) is 0 Å². The summed E-state index contributed by atoms with van der Waals surface area (Å²) in [6, 6.07) is 13.0. The predicted octanol–water partition coefficient (Wildman–Crippen LogP) is 3.39. The van der Waals surface area contributed by atoms with E-state index in [1.54, 1.807) is 36.8 Å². The van der Waals surface area contributed by atoms with Crippen LogP contribution < -0.4 is 0 Å². The van der Waals surface area contributed by atoms with Gasteiger partial charge in [0, 0.05) is 34.5 Å². The highest BCUT2D eigenvalue weighted by Crippen LogP contribution is 2.32. The fourth-order valence-electron chi connectivity index (χ4n) is 2.51. The molecule has 22 heavy (non-hydrogen) atoms. The molecule has 3 aromatic heterocycles. The number of aromatic nitrogens is 4. The van der Waals surface area contributed by atoms with Crippen molar-refractivity contribution in [1.29, 1.82) is 0 Å². The van der Waals surface area contributed by atoms with Crippen LogP contribution in [0.5, 0.6) is 5.75 Å². The Morgan fingerprint density at radius 3 is 2.77 bits per heavy atom. The number of pyridine rings is 2. The zero-order valence-corrected chi connectivity index (χ0v) is 11.6. The topological polar surface area (TPSA) is 74.7 Å². The van der Waals surface area contributed by atoms with E-state index in [0.29, 0.717) is 0 Å². The summed E-state index contributed by atoms with van der Waals surface area (Å²) in [6.45, 7) is 0. The Morgan fingerprint density at radius 2 is 1.86 bits per heavy atom. The van der Waals surface area contributed by atoms with Gasteiger partial charge in [-0.1, -0.05) is 18.2 Å². The number of hydrogen-bond donors (Lipinski definition) is 2. The third kappa shape index (κ3) is 2.09. The molecule has 0 aliphatic carbocycles. The molecule has 5 nitrogen and oxygen atoms in total. The molecule has 0 bridgehead atoms. The second kappa shape index (κ2) is 4.96. The van der Waals surface area contributed by atoms with Gasteiger partial charge in [0.25, 0.3) is 0 Å². The Hall–Kier alpha value is -3.21. The first-order valence-corrected chi connectivity index (χ1v) is 6.85. The first-order chi connectivity index (χ1) is 10.8. The van der Waals surface area contributed by atoms with E-state index in [1.807, 2.05) is 24.3 Å². The van der Waals surface area contributed by atoms with Crippen LogP contribution in [-0.2, 0) is 0 Å². The molecule has 0 aliphatic rings. The molecule has 0 spiro atoms. The largest absolute Gasteiger partial charge is 0.508 e. The zero-order valence-electron chi connectivity index (χ0n) is 11.6. The van der Waals surface area contributed by atoms with E-state index >= 15 is 0 Å². The average Bonchev–Trinajstić information content (AvgIpc) is 3.02. The minimum Gasteiger partial charge on any atom is -0.508 e. The summed E-state index contributed by atoms with van der Waals surface area (Å²) in [6.07, 6.45) is 5.28. The number of fused-ring (bicyclic) bond motifs is 1. The van der Waals surface area contributed by atoms with Gasteiger partial charge in [0.05, 0.1) is 11.9 Å². The van der Waals surface area contributed by atoms with E-state index in [4.69, 9.17) is 0 Å². The molecule has 4 aromatic rings. The highest BCUT2D eigenvalue weighted by Gasteiger charge is 2.10. The van der Waals surface area contributed by atoms with Crippen LogP contribution in [0.4, 0.5) is 0 Å². The maximum Gasteiger partial charge on any atom is 0.155 e. The van der Waals surface area contributed by atoms with Gasteiger partial charge in [0.2, 0.25) is 0 Å². The molecule has 0 radical (unpaired) electrons. The number of aromatic amines is 1. The smallest absolute Gasteiger partial charge is 0.155 e. The van der Waals surface area contributed by atoms with Crippen molar-refractivity contribution >= 4 is 11.0 Å². The van der Waals surface area contributed by atoms with Gasteiger partial charge in [-0.15, -0.1) is 0 Å². The summed E-state index contributed by atoms with van der Waals surface area (Å²) in [5, 5.41) is 17.5. The summed E-state index contributed by atoms with van der Waals surface area (Å²) >= 11 is 0. The fourth-order valence-corrected chi connectivity index (χ4v) is 2.51. The van der Waals surface area contributed by atoms with Gasteiger partial charge >= 0.3 is 0 Å². The molecule has 0 atom stereocenters. The number of phenols is 1. The quantitative estimate of drug-likeness (QED) is 0.593. The summed E-state index contributed by atoms with van der Waals surface area (Å²) < 4.78 is 0. The number of benzene rings is 1. The van der Waals surface area contributed by atoms with Gasteiger partial charge in [-0.2, -0.15) is 5.10 Å². The predicted molar refractivity (Wildman–Crippen MR) is 84.2 cm³/mol. The minimum absolute atomic E-state index is 0.220. The summed E-state index contributed by atoms with van der Waals surface area (Å²) in [7, 11) is 0. The first-order valence-electron chi connectivity index (χ1n) is 6.85. The van der Waals surface area contributed by atoms with E-state index in [-0.39, 0.29) is 5.75 Å². The van der Waals surface area contributed by atoms with E-state index in [9.17, 15) is 5.11 Å². The summed E-state index contributed by atoms with van der Waals surface area (Å²) in [5.74, 6) is 0.220. The summed E-state index contributed by atoms with van der Waals surface area (Å²) in [4.78, 5) is 8.85. The van der Waals surface area contributed by atoms with Crippen molar-refractivity contribution in [1.82, 2.24) is 20.2 Å². The van der Waals surface area contributed by atoms with Crippen LogP contribution >= 0.6 is 0 Å².